The molecule has 1 rings (SSSR count). The van der Waals surface area contributed by atoms with Crippen LogP contribution in [0, 0.1) is 5.82 Å². The number of benzene rings is 1. The second-order valence-corrected chi connectivity index (χ2v) is 4.32. The van der Waals surface area contributed by atoms with E-state index in [1.54, 1.807) is 0 Å². The molecule has 18 heavy (non-hydrogen) atoms. The highest BCUT2D eigenvalue weighted by Gasteiger charge is 2.22. The van der Waals surface area contributed by atoms with Crippen LogP contribution in [-0.2, 0) is 0 Å². The number of aliphatic hydroxyl groups is 1. The summed E-state index contributed by atoms with van der Waals surface area (Å²) in [6, 6.07) is 4.04. The number of amides is 1. The lowest BCUT2D eigenvalue weighted by Gasteiger charge is -2.21. The maximum atomic E-state index is 13.6. The molecule has 0 aliphatic rings. The number of carbonyl (C=O) groups is 1. The van der Waals surface area contributed by atoms with Crippen LogP contribution in [0.5, 0.6) is 0 Å². The smallest absolute Gasteiger partial charge is 0.257 e. The molecule has 0 radical (unpaired) electrons. The molecule has 0 heterocycles. The molecule has 0 aliphatic carbocycles. The molecular weight excluding hydrogens is 315 g/mol. The minimum atomic E-state index is -2.74. The molecule has 0 saturated carbocycles. The third kappa shape index (κ3) is 3.71. The number of hydrogen-bond acceptors (Lipinski definition) is 2. The number of nitrogens with zero attached hydrogens (tertiary/aromatic N) is 1. The van der Waals surface area contributed by atoms with Gasteiger partial charge in [0.05, 0.1) is 23.2 Å². The monoisotopic (exact) mass is 325 g/mol. The van der Waals surface area contributed by atoms with E-state index in [4.69, 9.17) is 5.11 Å². The van der Waals surface area contributed by atoms with Gasteiger partial charge in [0.2, 0.25) is 0 Å². The van der Waals surface area contributed by atoms with Gasteiger partial charge >= 0.3 is 0 Å². The summed E-state index contributed by atoms with van der Waals surface area (Å²) in [6.45, 7) is -1.57. The molecule has 0 bridgehead atoms. The molecule has 0 atom stereocenters. The third-order valence-electron chi connectivity index (χ3n) is 2.20. The van der Waals surface area contributed by atoms with E-state index >= 15 is 0 Å². The quantitative estimate of drug-likeness (QED) is 0.902. The lowest BCUT2D eigenvalue weighted by molar-refractivity contribution is 0.0505. The molecule has 1 aromatic rings. The molecule has 0 spiro atoms. The minimum Gasteiger partial charge on any atom is -0.395 e. The Morgan fingerprint density at radius 3 is 2.67 bits per heavy atom. The van der Waals surface area contributed by atoms with Gasteiger partial charge in [0, 0.05) is 6.54 Å². The predicted octanol–water partition coefficient (Wildman–Crippen LogP) is 2.29. The van der Waals surface area contributed by atoms with Crippen molar-refractivity contribution in [1.82, 2.24) is 4.90 Å². The summed E-state index contributed by atoms with van der Waals surface area (Å²) in [4.78, 5) is 12.6. The Kier molecular flexibility index (Phi) is 5.61. The summed E-state index contributed by atoms with van der Waals surface area (Å²) >= 11 is 2.91. The fourth-order valence-electron chi connectivity index (χ4n) is 1.40. The van der Waals surface area contributed by atoms with Gasteiger partial charge in [-0.2, -0.15) is 0 Å². The molecule has 100 valence electrons. The highest BCUT2D eigenvalue weighted by molar-refractivity contribution is 9.10. The zero-order valence-electron chi connectivity index (χ0n) is 9.25. The topological polar surface area (TPSA) is 40.5 Å². The van der Waals surface area contributed by atoms with E-state index in [-0.39, 0.29) is 16.6 Å². The third-order valence-corrected chi connectivity index (χ3v) is 2.81. The van der Waals surface area contributed by atoms with Crippen molar-refractivity contribution >= 4 is 21.8 Å². The Bertz CT molecular complexity index is 429. The van der Waals surface area contributed by atoms with Crippen molar-refractivity contribution in [2.24, 2.45) is 0 Å². The van der Waals surface area contributed by atoms with Gasteiger partial charge < -0.3 is 10.0 Å². The zero-order chi connectivity index (χ0) is 13.7. The summed E-state index contributed by atoms with van der Waals surface area (Å²) in [7, 11) is 0. The van der Waals surface area contributed by atoms with Crippen LogP contribution in [0.3, 0.4) is 0 Å². The molecule has 0 aromatic heterocycles. The van der Waals surface area contributed by atoms with E-state index in [1.165, 1.54) is 18.2 Å². The number of halogens is 4. The van der Waals surface area contributed by atoms with E-state index in [9.17, 15) is 18.0 Å². The first-order chi connectivity index (χ1) is 8.47. The molecule has 1 aromatic carbocycles. The summed E-state index contributed by atoms with van der Waals surface area (Å²) in [5.41, 5.74) is -0.307. The predicted molar refractivity (Wildman–Crippen MR) is 63.1 cm³/mol. The standard InChI is InChI=1S/C11H11BrF3NO2/c12-8-3-1-2-7(10(8)15)11(18)16(4-5-17)6-9(13)14/h1-3,9,17H,4-6H2. The molecule has 0 unspecified atom stereocenters. The second kappa shape index (κ2) is 6.75. The average Bonchev–Trinajstić information content (AvgIpc) is 2.31. The normalized spacial score (nSPS) is 10.8. The van der Waals surface area contributed by atoms with Crippen molar-refractivity contribution in [3.63, 3.8) is 0 Å². The SMILES string of the molecule is O=C(c1cccc(Br)c1F)N(CCO)CC(F)F. The number of carbonyl (C=O) groups excluding carboxylic acids is 1. The van der Waals surface area contributed by atoms with Gasteiger partial charge in [-0.15, -0.1) is 0 Å². The molecule has 0 saturated heterocycles. The molecule has 0 aliphatic heterocycles. The van der Waals surface area contributed by atoms with Crippen LogP contribution < -0.4 is 0 Å². The Balaban J connectivity index is 2.98. The van der Waals surface area contributed by atoms with Gasteiger partial charge in [-0.3, -0.25) is 4.79 Å². The van der Waals surface area contributed by atoms with E-state index < -0.39 is 31.3 Å². The van der Waals surface area contributed by atoms with Crippen LogP contribution in [-0.4, -0.2) is 42.0 Å². The van der Waals surface area contributed by atoms with Crippen LogP contribution in [0.25, 0.3) is 0 Å². The number of hydrogen-bond donors (Lipinski definition) is 1. The van der Waals surface area contributed by atoms with Crippen LogP contribution in [0.4, 0.5) is 13.2 Å². The highest BCUT2D eigenvalue weighted by atomic mass is 79.9. The molecular formula is C11H11BrF3NO2. The molecule has 1 N–H and O–H groups in total. The van der Waals surface area contributed by atoms with Gasteiger partial charge in [0.1, 0.15) is 5.82 Å². The lowest BCUT2D eigenvalue weighted by atomic mass is 10.2. The van der Waals surface area contributed by atoms with Crippen molar-refractivity contribution in [2.75, 3.05) is 19.7 Å². The molecule has 7 heteroatoms. The Labute approximate surface area is 110 Å². The van der Waals surface area contributed by atoms with E-state index in [2.05, 4.69) is 15.9 Å². The fraction of sp³-hybridized carbons (Fsp3) is 0.364. The maximum Gasteiger partial charge on any atom is 0.257 e. The number of rotatable bonds is 5. The van der Waals surface area contributed by atoms with Crippen LogP contribution in [0.1, 0.15) is 10.4 Å². The lowest BCUT2D eigenvalue weighted by Crippen LogP contribution is -2.37. The van der Waals surface area contributed by atoms with E-state index in [0.717, 1.165) is 4.90 Å². The van der Waals surface area contributed by atoms with Gasteiger partial charge in [-0.1, -0.05) is 6.07 Å². The average molecular weight is 326 g/mol. The summed E-state index contributed by atoms with van der Waals surface area (Å²) in [5.74, 6) is -1.68. The first-order valence-corrected chi connectivity index (χ1v) is 5.89. The van der Waals surface area contributed by atoms with Crippen molar-refractivity contribution in [3.05, 3.63) is 34.1 Å². The van der Waals surface area contributed by atoms with Crippen LogP contribution >= 0.6 is 15.9 Å². The van der Waals surface area contributed by atoms with Gasteiger partial charge in [0.15, 0.2) is 0 Å². The largest absolute Gasteiger partial charge is 0.395 e. The van der Waals surface area contributed by atoms with Crippen molar-refractivity contribution in [3.8, 4) is 0 Å². The fourth-order valence-corrected chi connectivity index (χ4v) is 1.77. The molecule has 1 amide bonds. The zero-order valence-corrected chi connectivity index (χ0v) is 10.8. The number of aliphatic hydroxyl groups excluding tert-OH is 1. The highest BCUT2D eigenvalue weighted by Crippen LogP contribution is 2.20. The Morgan fingerprint density at radius 2 is 2.11 bits per heavy atom. The van der Waals surface area contributed by atoms with Crippen molar-refractivity contribution in [2.45, 2.75) is 6.43 Å². The van der Waals surface area contributed by atoms with Crippen LogP contribution in [0.2, 0.25) is 0 Å². The van der Waals surface area contributed by atoms with Gasteiger partial charge in [-0.25, -0.2) is 13.2 Å². The molecule has 3 nitrogen and oxygen atoms in total. The van der Waals surface area contributed by atoms with E-state index in [1.807, 2.05) is 0 Å². The second-order valence-electron chi connectivity index (χ2n) is 3.47. The summed E-state index contributed by atoms with van der Waals surface area (Å²) in [5, 5.41) is 8.73. The van der Waals surface area contributed by atoms with E-state index in [0.29, 0.717) is 0 Å². The first kappa shape index (κ1) is 15.0. The van der Waals surface area contributed by atoms with Crippen LogP contribution in [0.15, 0.2) is 22.7 Å². The first-order valence-electron chi connectivity index (χ1n) is 5.09. The van der Waals surface area contributed by atoms with Crippen molar-refractivity contribution < 1.29 is 23.1 Å². The minimum absolute atomic E-state index is 0.0781. The Morgan fingerprint density at radius 1 is 1.44 bits per heavy atom. The summed E-state index contributed by atoms with van der Waals surface area (Å²) in [6.07, 6.45) is -2.74. The van der Waals surface area contributed by atoms with Crippen molar-refractivity contribution in [1.29, 1.82) is 0 Å². The maximum absolute atomic E-state index is 13.6. The molecule has 0 fully saturated rings. The summed E-state index contributed by atoms with van der Waals surface area (Å²) < 4.78 is 38.3. The number of alkyl halides is 2. The van der Waals surface area contributed by atoms with Gasteiger partial charge in [0.25, 0.3) is 12.3 Å². The van der Waals surface area contributed by atoms with Gasteiger partial charge in [-0.05, 0) is 28.1 Å². The Hall–Kier alpha value is -1.08.